The lowest BCUT2D eigenvalue weighted by Crippen LogP contribution is -2.34. The Labute approximate surface area is 209 Å². The molecule has 0 aliphatic carbocycles. The number of fused-ring (bicyclic) bond motifs is 1. The van der Waals surface area contributed by atoms with E-state index in [0.29, 0.717) is 48.1 Å². The van der Waals surface area contributed by atoms with Crippen LogP contribution < -0.4 is 15.4 Å². The molecule has 3 heterocycles. The molecule has 0 bridgehead atoms. The minimum atomic E-state index is -0.366. The molecule has 1 unspecified atom stereocenters. The maximum absolute atomic E-state index is 15.2. The van der Waals surface area contributed by atoms with E-state index >= 15 is 4.39 Å². The lowest BCUT2D eigenvalue weighted by atomic mass is 10.0. The number of aromatic nitrogens is 3. The Morgan fingerprint density at radius 3 is 2.86 bits per heavy atom. The van der Waals surface area contributed by atoms with Gasteiger partial charge in [-0.1, -0.05) is 18.2 Å². The zero-order chi connectivity index (χ0) is 24.9. The Morgan fingerprint density at radius 2 is 2.06 bits per heavy atom. The molecule has 4 aromatic rings. The third kappa shape index (κ3) is 5.43. The molecule has 2 N–H and O–H groups in total. The van der Waals surface area contributed by atoms with Gasteiger partial charge in [0.2, 0.25) is 5.95 Å². The van der Waals surface area contributed by atoms with Gasteiger partial charge in [-0.2, -0.15) is 0 Å². The van der Waals surface area contributed by atoms with Crippen molar-refractivity contribution < 1.29 is 13.9 Å². The van der Waals surface area contributed by atoms with Crippen molar-refractivity contribution in [1.29, 1.82) is 0 Å². The summed E-state index contributed by atoms with van der Waals surface area (Å²) in [7, 11) is 3.93. The molecule has 1 aliphatic heterocycles. The van der Waals surface area contributed by atoms with Crippen molar-refractivity contribution in [2.24, 2.45) is 0 Å². The van der Waals surface area contributed by atoms with Gasteiger partial charge in [-0.05, 0) is 38.4 Å². The zero-order valence-electron chi connectivity index (χ0n) is 20.4. The van der Waals surface area contributed by atoms with Gasteiger partial charge in [-0.25, -0.2) is 14.4 Å². The van der Waals surface area contributed by atoms with Crippen LogP contribution in [0.15, 0.2) is 60.9 Å². The number of hydrogen-bond donors (Lipinski definition) is 2. The SMILES string of the molecule is CN(C)CCOc1ccc(-c2cccc3cnc(Nc4cccnc4C4CNCCO4)nc23)c(F)c1. The average molecular weight is 489 g/mol. The summed E-state index contributed by atoms with van der Waals surface area (Å²) in [4.78, 5) is 15.8. The summed E-state index contributed by atoms with van der Waals surface area (Å²) >= 11 is 0. The van der Waals surface area contributed by atoms with E-state index in [2.05, 4.69) is 20.6 Å². The fourth-order valence-corrected chi connectivity index (χ4v) is 4.12. The number of nitrogens with one attached hydrogen (secondary N) is 2. The summed E-state index contributed by atoms with van der Waals surface area (Å²) in [5.41, 5.74) is 3.35. The number of rotatable bonds is 8. The molecule has 0 amide bonds. The second-order valence-electron chi connectivity index (χ2n) is 8.86. The highest BCUT2D eigenvalue weighted by Gasteiger charge is 2.21. The van der Waals surface area contributed by atoms with Crippen LogP contribution in [0, 0.1) is 5.82 Å². The maximum Gasteiger partial charge on any atom is 0.227 e. The van der Waals surface area contributed by atoms with Gasteiger partial charge in [0, 0.05) is 54.6 Å². The van der Waals surface area contributed by atoms with Crippen molar-refractivity contribution in [3.63, 3.8) is 0 Å². The largest absolute Gasteiger partial charge is 0.492 e. The first-order chi connectivity index (χ1) is 17.6. The fraction of sp³-hybridized carbons (Fsp3) is 0.296. The molecule has 2 aromatic heterocycles. The molecule has 2 aromatic carbocycles. The number of likely N-dealkylation sites (N-methyl/N-ethyl adjacent to an activating group) is 1. The van der Waals surface area contributed by atoms with Gasteiger partial charge in [-0.3, -0.25) is 4.98 Å². The van der Waals surface area contributed by atoms with E-state index in [4.69, 9.17) is 14.5 Å². The highest BCUT2D eigenvalue weighted by Crippen LogP contribution is 2.32. The van der Waals surface area contributed by atoms with E-state index in [1.807, 2.05) is 49.3 Å². The standard InChI is InChI=1S/C27H29FN6O2/c1-34(2)12-14-35-19-8-9-20(22(28)15-19)21-6-3-5-18-16-31-27(33-25(18)21)32-23-7-4-10-30-26(23)24-17-29-11-13-36-24/h3-10,15-16,24,29H,11-14,17H2,1-2H3,(H,31,32,33). The Balaban J connectivity index is 1.44. The first-order valence-corrected chi connectivity index (χ1v) is 12.0. The second kappa shape index (κ2) is 10.9. The van der Waals surface area contributed by atoms with Gasteiger partial charge in [0.05, 0.1) is 23.5 Å². The predicted molar refractivity (Wildman–Crippen MR) is 138 cm³/mol. The molecule has 0 spiro atoms. The van der Waals surface area contributed by atoms with Crippen LogP contribution in [0.3, 0.4) is 0 Å². The monoisotopic (exact) mass is 488 g/mol. The molecule has 1 atom stereocenters. The van der Waals surface area contributed by atoms with E-state index in [-0.39, 0.29) is 11.9 Å². The molecular formula is C27H29FN6O2. The van der Waals surface area contributed by atoms with Crippen LogP contribution in [0.5, 0.6) is 5.75 Å². The summed E-state index contributed by atoms with van der Waals surface area (Å²) < 4.78 is 26.8. The van der Waals surface area contributed by atoms with E-state index in [1.54, 1.807) is 24.5 Å². The zero-order valence-corrected chi connectivity index (χ0v) is 20.4. The summed E-state index contributed by atoms with van der Waals surface area (Å²) in [6.45, 7) is 3.37. The van der Waals surface area contributed by atoms with Gasteiger partial charge in [-0.15, -0.1) is 0 Å². The number of morpholine rings is 1. The maximum atomic E-state index is 15.2. The molecule has 9 heteroatoms. The Bertz CT molecular complexity index is 1340. The van der Waals surface area contributed by atoms with Gasteiger partial charge in [0.25, 0.3) is 0 Å². The summed E-state index contributed by atoms with van der Waals surface area (Å²) in [5, 5.41) is 7.43. The molecule has 5 rings (SSSR count). The number of pyridine rings is 1. The number of anilines is 2. The Morgan fingerprint density at radius 1 is 1.14 bits per heavy atom. The normalized spacial score (nSPS) is 15.8. The number of benzene rings is 2. The molecule has 1 saturated heterocycles. The second-order valence-corrected chi connectivity index (χ2v) is 8.86. The fourth-order valence-electron chi connectivity index (χ4n) is 4.12. The summed E-state index contributed by atoms with van der Waals surface area (Å²) in [5.74, 6) is 0.533. The molecule has 1 aliphatic rings. The van der Waals surface area contributed by atoms with Crippen LogP contribution in [0.4, 0.5) is 16.0 Å². The van der Waals surface area contributed by atoms with Crippen molar-refractivity contribution in [3.8, 4) is 16.9 Å². The highest BCUT2D eigenvalue weighted by molar-refractivity contribution is 5.94. The lowest BCUT2D eigenvalue weighted by Gasteiger charge is -2.24. The Hall–Kier alpha value is -3.66. The minimum absolute atomic E-state index is 0.161. The van der Waals surface area contributed by atoms with Crippen LogP contribution >= 0.6 is 0 Å². The van der Waals surface area contributed by atoms with Crippen LogP contribution in [0.1, 0.15) is 11.8 Å². The molecule has 0 saturated carbocycles. The summed E-state index contributed by atoms with van der Waals surface area (Å²) in [6.07, 6.45) is 3.32. The number of halogens is 1. The number of nitrogens with zero attached hydrogens (tertiary/aromatic N) is 4. The van der Waals surface area contributed by atoms with E-state index in [0.717, 1.165) is 29.9 Å². The van der Waals surface area contributed by atoms with Crippen molar-refractivity contribution >= 4 is 22.5 Å². The predicted octanol–water partition coefficient (Wildman–Crippen LogP) is 4.18. The lowest BCUT2D eigenvalue weighted by molar-refractivity contribution is 0.0255. The molecule has 186 valence electrons. The quantitative estimate of drug-likeness (QED) is 0.382. The van der Waals surface area contributed by atoms with E-state index in [1.165, 1.54) is 6.07 Å². The van der Waals surface area contributed by atoms with Crippen LogP contribution in [-0.2, 0) is 4.74 Å². The third-order valence-electron chi connectivity index (χ3n) is 5.97. The number of para-hydroxylation sites is 1. The molecule has 8 nitrogen and oxygen atoms in total. The first kappa shape index (κ1) is 24.1. The van der Waals surface area contributed by atoms with Gasteiger partial charge >= 0.3 is 0 Å². The van der Waals surface area contributed by atoms with Crippen molar-refractivity contribution in [2.75, 3.05) is 52.3 Å². The molecule has 36 heavy (non-hydrogen) atoms. The third-order valence-corrected chi connectivity index (χ3v) is 5.97. The van der Waals surface area contributed by atoms with Gasteiger partial charge in [0.15, 0.2) is 0 Å². The summed E-state index contributed by atoms with van der Waals surface area (Å²) in [6, 6.07) is 14.4. The average Bonchev–Trinajstić information content (AvgIpc) is 2.89. The molecule has 1 fully saturated rings. The Kier molecular flexibility index (Phi) is 7.31. The first-order valence-electron chi connectivity index (χ1n) is 12.0. The van der Waals surface area contributed by atoms with Crippen LogP contribution in [-0.4, -0.2) is 66.8 Å². The highest BCUT2D eigenvalue weighted by atomic mass is 19.1. The van der Waals surface area contributed by atoms with Gasteiger partial charge in [0.1, 0.15) is 24.3 Å². The molecular weight excluding hydrogens is 459 g/mol. The van der Waals surface area contributed by atoms with Crippen molar-refractivity contribution in [3.05, 3.63) is 72.4 Å². The van der Waals surface area contributed by atoms with E-state index in [9.17, 15) is 0 Å². The van der Waals surface area contributed by atoms with Crippen molar-refractivity contribution in [1.82, 2.24) is 25.2 Å². The minimum Gasteiger partial charge on any atom is -0.492 e. The van der Waals surface area contributed by atoms with Crippen molar-refractivity contribution in [2.45, 2.75) is 6.10 Å². The topological polar surface area (TPSA) is 84.4 Å². The number of ether oxygens (including phenoxy) is 2. The smallest absolute Gasteiger partial charge is 0.227 e. The molecule has 0 radical (unpaired) electrons. The number of hydrogen-bond acceptors (Lipinski definition) is 8. The van der Waals surface area contributed by atoms with Crippen LogP contribution in [0.2, 0.25) is 0 Å². The van der Waals surface area contributed by atoms with E-state index < -0.39 is 0 Å². The van der Waals surface area contributed by atoms with Gasteiger partial charge < -0.3 is 25.0 Å². The van der Waals surface area contributed by atoms with Crippen LogP contribution in [0.25, 0.3) is 22.0 Å².